The summed E-state index contributed by atoms with van der Waals surface area (Å²) in [5, 5.41) is 9.15. The Morgan fingerprint density at radius 3 is 2.52 bits per heavy atom. The van der Waals surface area contributed by atoms with Crippen LogP contribution in [0, 0.1) is 5.92 Å². The fraction of sp³-hybridized carbons (Fsp3) is 0.500. The maximum absolute atomic E-state index is 12.7. The number of carbonyl (C=O) groups excluding carboxylic acids is 1. The highest BCUT2D eigenvalue weighted by atomic mass is 16.2. The first kappa shape index (κ1) is 14.4. The van der Waals surface area contributed by atoms with Crippen LogP contribution in [0.4, 0.5) is 0 Å². The van der Waals surface area contributed by atoms with Gasteiger partial charge in [-0.15, -0.1) is 0 Å². The lowest BCUT2D eigenvalue weighted by atomic mass is 10.1. The molecule has 5 heteroatoms. The van der Waals surface area contributed by atoms with Crippen molar-refractivity contribution in [2.75, 3.05) is 0 Å². The molecule has 2 saturated carbocycles. The first-order valence-corrected chi connectivity index (χ1v) is 8.52. The molecular weight excluding hydrogens is 290 g/mol. The lowest BCUT2D eigenvalue weighted by molar-refractivity contribution is -0.122. The summed E-state index contributed by atoms with van der Waals surface area (Å²) in [5.74, 6) is 0.288. The minimum Gasteiger partial charge on any atom is -0.350 e. The number of amides is 1. The Balaban J connectivity index is 1.73. The van der Waals surface area contributed by atoms with Crippen molar-refractivity contribution < 1.29 is 4.79 Å². The van der Waals surface area contributed by atoms with Gasteiger partial charge < -0.3 is 5.32 Å². The third-order valence-corrected chi connectivity index (χ3v) is 4.95. The zero-order valence-electron chi connectivity index (χ0n) is 13.1. The molecule has 1 N–H and O–H groups in total. The summed E-state index contributed by atoms with van der Waals surface area (Å²) in [6.45, 7) is 0.392. The smallest absolute Gasteiger partial charge is 0.274 e. The van der Waals surface area contributed by atoms with Gasteiger partial charge in [0, 0.05) is 11.3 Å². The standard InChI is InChI=1S/C18H21N3O2/c22-17(12-9-10-12)19-11-16-14-7-3-4-8-15(14)18(23)21(20-16)13-5-1-2-6-13/h3-4,7-8,12-13H,1-2,5-6,9-11H2,(H,19,22). The van der Waals surface area contributed by atoms with E-state index in [1.807, 2.05) is 24.3 Å². The molecule has 1 aromatic carbocycles. The van der Waals surface area contributed by atoms with Gasteiger partial charge in [-0.3, -0.25) is 9.59 Å². The molecule has 5 nitrogen and oxygen atoms in total. The molecule has 1 aromatic heterocycles. The predicted molar refractivity (Wildman–Crippen MR) is 88.1 cm³/mol. The highest BCUT2D eigenvalue weighted by molar-refractivity contribution is 5.85. The molecule has 1 amide bonds. The molecule has 0 spiro atoms. The van der Waals surface area contributed by atoms with Gasteiger partial charge in [-0.2, -0.15) is 5.10 Å². The van der Waals surface area contributed by atoms with Crippen LogP contribution in [-0.2, 0) is 11.3 Å². The van der Waals surface area contributed by atoms with E-state index in [1.54, 1.807) is 4.68 Å². The fourth-order valence-corrected chi connectivity index (χ4v) is 3.46. The molecule has 120 valence electrons. The Morgan fingerprint density at radius 2 is 1.83 bits per heavy atom. The Bertz CT molecular complexity index is 802. The van der Waals surface area contributed by atoms with Gasteiger partial charge in [0.2, 0.25) is 5.91 Å². The van der Waals surface area contributed by atoms with Crippen molar-refractivity contribution in [1.29, 1.82) is 0 Å². The van der Waals surface area contributed by atoms with Crippen LogP contribution < -0.4 is 10.9 Å². The second-order valence-corrected chi connectivity index (χ2v) is 6.67. The molecule has 0 atom stereocenters. The van der Waals surface area contributed by atoms with Crippen molar-refractivity contribution in [2.45, 2.75) is 51.1 Å². The number of nitrogens with one attached hydrogen (secondary N) is 1. The molecule has 0 bridgehead atoms. The number of benzene rings is 1. The van der Waals surface area contributed by atoms with Gasteiger partial charge in [0.05, 0.1) is 23.7 Å². The number of fused-ring (bicyclic) bond motifs is 1. The van der Waals surface area contributed by atoms with Crippen molar-refractivity contribution in [3.05, 3.63) is 40.3 Å². The molecular formula is C18H21N3O2. The van der Waals surface area contributed by atoms with Crippen LogP contribution >= 0.6 is 0 Å². The number of aromatic nitrogens is 2. The second-order valence-electron chi connectivity index (χ2n) is 6.67. The number of hydrogen-bond donors (Lipinski definition) is 1. The van der Waals surface area contributed by atoms with E-state index >= 15 is 0 Å². The van der Waals surface area contributed by atoms with E-state index in [9.17, 15) is 9.59 Å². The van der Waals surface area contributed by atoms with E-state index < -0.39 is 0 Å². The summed E-state index contributed by atoms with van der Waals surface area (Å²) in [4.78, 5) is 24.7. The van der Waals surface area contributed by atoms with Crippen LogP contribution in [-0.4, -0.2) is 15.7 Å². The summed E-state index contributed by atoms with van der Waals surface area (Å²) >= 11 is 0. The lowest BCUT2D eigenvalue weighted by Crippen LogP contribution is -2.30. The zero-order chi connectivity index (χ0) is 15.8. The van der Waals surface area contributed by atoms with Gasteiger partial charge in [-0.05, 0) is 31.7 Å². The maximum atomic E-state index is 12.7. The summed E-state index contributed by atoms with van der Waals surface area (Å²) in [6, 6.07) is 7.77. The Hall–Kier alpha value is -2.17. The van der Waals surface area contributed by atoms with Crippen LogP contribution in [0.5, 0.6) is 0 Å². The number of carbonyl (C=O) groups is 1. The average Bonchev–Trinajstić information content (AvgIpc) is 3.30. The minimum absolute atomic E-state index is 0.00947. The molecule has 2 aliphatic carbocycles. The normalized spacial score (nSPS) is 18.4. The molecule has 1 heterocycles. The van der Waals surface area contributed by atoms with E-state index in [1.165, 1.54) is 0 Å². The SMILES string of the molecule is O=C(NCc1nn(C2CCCC2)c(=O)c2ccccc12)C1CC1. The van der Waals surface area contributed by atoms with Crippen molar-refractivity contribution >= 4 is 16.7 Å². The van der Waals surface area contributed by atoms with Crippen LogP contribution in [0.2, 0.25) is 0 Å². The van der Waals surface area contributed by atoms with Crippen molar-refractivity contribution in [3.63, 3.8) is 0 Å². The summed E-state index contributed by atoms with van der Waals surface area (Å²) in [5.41, 5.74) is 0.783. The molecule has 0 unspecified atom stereocenters. The van der Waals surface area contributed by atoms with Crippen LogP contribution in [0.25, 0.3) is 10.8 Å². The largest absolute Gasteiger partial charge is 0.350 e. The number of nitrogens with zero attached hydrogens (tertiary/aromatic N) is 2. The highest BCUT2D eigenvalue weighted by Gasteiger charge is 2.29. The van der Waals surface area contributed by atoms with Crippen LogP contribution in [0.3, 0.4) is 0 Å². The molecule has 2 aliphatic rings. The van der Waals surface area contributed by atoms with Gasteiger partial charge in [-0.25, -0.2) is 4.68 Å². The number of hydrogen-bond acceptors (Lipinski definition) is 3. The predicted octanol–water partition coefficient (Wildman–Crippen LogP) is 2.54. The van der Waals surface area contributed by atoms with Crippen molar-refractivity contribution in [1.82, 2.24) is 15.1 Å². The maximum Gasteiger partial charge on any atom is 0.274 e. The van der Waals surface area contributed by atoms with E-state index in [0.29, 0.717) is 11.9 Å². The molecule has 0 saturated heterocycles. The number of rotatable bonds is 4. The molecule has 2 fully saturated rings. The summed E-state index contributed by atoms with van der Waals surface area (Å²) < 4.78 is 1.66. The van der Waals surface area contributed by atoms with Gasteiger partial charge in [0.25, 0.3) is 5.56 Å². The van der Waals surface area contributed by atoms with E-state index in [4.69, 9.17) is 0 Å². The Labute approximate surface area is 134 Å². The topological polar surface area (TPSA) is 64.0 Å². The van der Waals surface area contributed by atoms with Gasteiger partial charge in [0.15, 0.2) is 0 Å². The van der Waals surface area contributed by atoms with E-state index in [2.05, 4.69) is 10.4 Å². The van der Waals surface area contributed by atoms with Crippen LogP contribution in [0.1, 0.15) is 50.3 Å². The quantitative estimate of drug-likeness (QED) is 0.943. The molecule has 0 aliphatic heterocycles. The van der Waals surface area contributed by atoms with Gasteiger partial charge in [-0.1, -0.05) is 31.0 Å². The average molecular weight is 311 g/mol. The monoisotopic (exact) mass is 311 g/mol. The van der Waals surface area contributed by atoms with Crippen molar-refractivity contribution in [3.8, 4) is 0 Å². The fourth-order valence-electron chi connectivity index (χ4n) is 3.46. The minimum atomic E-state index is -0.00947. The molecule has 4 rings (SSSR count). The second kappa shape index (κ2) is 5.80. The zero-order valence-corrected chi connectivity index (χ0v) is 13.1. The Kier molecular flexibility index (Phi) is 3.63. The summed E-state index contributed by atoms with van der Waals surface area (Å²) in [7, 11) is 0. The molecule has 23 heavy (non-hydrogen) atoms. The van der Waals surface area contributed by atoms with Gasteiger partial charge in [0.1, 0.15) is 0 Å². The Morgan fingerprint density at radius 1 is 1.13 bits per heavy atom. The lowest BCUT2D eigenvalue weighted by Gasteiger charge is -2.16. The van der Waals surface area contributed by atoms with Crippen molar-refractivity contribution in [2.24, 2.45) is 5.92 Å². The van der Waals surface area contributed by atoms with Crippen LogP contribution in [0.15, 0.2) is 29.1 Å². The third kappa shape index (κ3) is 2.76. The van der Waals surface area contributed by atoms with E-state index in [-0.39, 0.29) is 23.4 Å². The first-order valence-electron chi connectivity index (χ1n) is 8.52. The van der Waals surface area contributed by atoms with E-state index in [0.717, 1.165) is 49.6 Å². The first-order chi connectivity index (χ1) is 11.2. The molecule has 0 radical (unpaired) electrons. The summed E-state index contributed by atoms with van der Waals surface area (Å²) in [6.07, 6.45) is 6.31. The third-order valence-electron chi connectivity index (χ3n) is 4.95. The van der Waals surface area contributed by atoms with Gasteiger partial charge >= 0.3 is 0 Å². The highest BCUT2D eigenvalue weighted by Crippen LogP contribution is 2.30. The molecule has 2 aromatic rings.